The van der Waals surface area contributed by atoms with Crippen LogP contribution in [0.1, 0.15) is 21.1 Å². The highest BCUT2D eigenvalue weighted by molar-refractivity contribution is 7.11. The van der Waals surface area contributed by atoms with Gasteiger partial charge in [-0.25, -0.2) is 9.78 Å². The second-order valence-corrected chi connectivity index (χ2v) is 4.91. The fraction of sp³-hybridized carbons (Fsp3) is 0.167. The molecule has 0 unspecified atom stereocenters. The Balaban J connectivity index is 2.02. The number of aromatic nitrogens is 1. The maximum atomic E-state index is 10.7. The predicted octanol–water partition coefficient (Wildman–Crippen LogP) is 3.38. The molecule has 0 saturated carbocycles. The predicted molar refractivity (Wildman–Crippen MR) is 69.6 cm³/mol. The van der Waals surface area contributed by atoms with E-state index in [1.54, 1.807) is 17.5 Å². The lowest BCUT2D eigenvalue weighted by Crippen LogP contribution is -1.99. The Morgan fingerprint density at radius 2 is 2.33 bits per heavy atom. The fourth-order valence-electron chi connectivity index (χ4n) is 1.34. The van der Waals surface area contributed by atoms with Crippen LogP contribution >= 0.6 is 22.9 Å². The van der Waals surface area contributed by atoms with Gasteiger partial charge in [-0.3, -0.25) is 0 Å². The molecule has 0 bridgehead atoms. The van der Waals surface area contributed by atoms with E-state index in [4.69, 9.17) is 21.4 Å². The van der Waals surface area contributed by atoms with Crippen LogP contribution in [-0.2, 0) is 6.61 Å². The summed E-state index contributed by atoms with van der Waals surface area (Å²) in [5.74, 6) is -0.338. The monoisotopic (exact) mass is 283 g/mol. The van der Waals surface area contributed by atoms with E-state index >= 15 is 0 Å². The fourth-order valence-corrected chi connectivity index (χ4v) is 2.09. The minimum atomic E-state index is -1.02. The standard InChI is InChI=1S/C12H10ClNO3S/c1-7-4-9(2-3-10(7)13)17-5-8-6-18-11(14-8)12(15)16/h2-4,6H,5H2,1H3,(H,15,16). The summed E-state index contributed by atoms with van der Waals surface area (Å²) < 4.78 is 5.51. The number of aromatic carboxylic acids is 1. The Morgan fingerprint density at radius 1 is 1.56 bits per heavy atom. The Labute approximate surface area is 113 Å². The first-order valence-electron chi connectivity index (χ1n) is 5.13. The lowest BCUT2D eigenvalue weighted by atomic mass is 10.2. The number of carboxylic acids is 1. The molecule has 1 heterocycles. The molecule has 0 atom stereocenters. The van der Waals surface area contributed by atoms with Crippen molar-refractivity contribution in [2.24, 2.45) is 0 Å². The van der Waals surface area contributed by atoms with Crippen LogP contribution in [-0.4, -0.2) is 16.1 Å². The van der Waals surface area contributed by atoms with Crippen LogP contribution < -0.4 is 4.74 Å². The molecular formula is C12H10ClNO3S. The van der Waals surface area contributed by atoms with E-state index in [-0.39, 0.29) is 11.6 Å². The molecule has 0 aliphatic rings. The van der Waals surface area contributed by atoms with E-state index in [9.17, 15) is 4.79 Å². The van der Waals surface area contributed by atoms with Crippen molar-refractivity contribution >= 4 is 28.9 Å². The molecule has 1 aromatic carbocycles. The zero-order valence-corrected chi connectivity index (χ0v) is 11.1. The van der Waals surface area contributed by atoms with Crippen molar-refractivity contribution < 1.29 is 14.6 Å². The lowest BCUT2D eigenvalue weighted by Gasteiger charge is -2.05. The van der Waals surface area contributed by atoms with E-state index in [0.29, 0.717) is 16.5 Å². The van der Waals surface area contributed by atoms with Crippen molar-refractivity contribution in [2.45, 2.75) is 13.5 Å². The third-order valence-corrected chi connectivity index (χ3v) is 3.55. The van der Waals surface area contributed by atoms with Crippen LogP contribution in [0.15, 0.2) is 23.6 Å². The van der Waals surface area contributed by atoms with Gasteiger partial charge in [-0.15, -0.1) is 11.3 Å². The second-order valence-electron chi connectivity index (χ2n) is 3.65. The molecule has 0 aliphatic heterocycles. The van der Waals surface area contributed by atoms with Crippen LogP contribution in [0.3, 0.4) is 0 Å². The molecule has 0 aliphatic carbocycles. The van der Waals surface area contributed by atoms with Gasteiger partial charge >= 0.3 is 5.97 Å². The highest BCUT2D eigenvalue weighted by Gasteiger charge is 2.09. The van der Waals surface area contributed by atoms with Crippen LogP contribution in [0.25, 0.3) is 0 Å². The quantitative estimate of drug-likeness (QED) is 0.934. The van der Waals surface area contributed by atoms with Gasteiger partial charge in [0, 0.05) is 10.4 Å². The van der Waals surface area contributed by atoms with Crippen molar-refractivity contribution in [3.8, 4) is 5.75 Å². The number of rotatable bonds is 4. The summed E-state index contributed by atoms with van der Waals surface area (Å²) in [4.78, 5) is 14.6. The summed E-state index contributed by atoms with van der Waals surface area (Å²) in [6.45, 7) is 2.13. The highest BCUT2D eigenvalue weighted by atomic mass is 35.5. The Hall–Kier alpha value is -1.59. The Morgan fingerprint density at radius 3 is 2.94 bits per heavy atom. The van der Waals surface area contributed by atoms with Crippen molar-refractivity contribution in [1.82, 2.24) is 4.98 Å². The zero-order chi connectivity index (χ0) is 13.1. The maximum absolute atomic E-state index is 10.7. The van der Waals surface area contributed by atoms with Crippen LogP contribution in [0.2, 0.25) is 5.02 Å². The van der Waals surface area contributed by atoms with Crippen LogP contribution in [0, 0.1) is 6.92 Å². The SMILES string of the molecule is Cc1cc(OCc2csc(C(=O)O)n2)ccc1Cl. The molecule has 18 heavy (non-hydrogen) atoms. The molecule has 2 rings (SSSR count). The average molecular weight is 284 g/mol. The number of hydrogen-bond donors (Lipinski definition) is 1. The minimum Gasteiger partial charge on any atom is -0.487 e. The number of carbonyl (C=O) groups is 1. The van der Waals surface area contributed by atoms with E-state index in [2.05, 4.69) is 4.98 Å². The van der Waals surface area contributed by atoms with E-state index < -0.39 is 5.97 Å². The molecular weight excluding hydrogens is 274 g/mol. The number of halogens is 1. The average Bonchev–Trinajstić information content (AvgIpc) is 2.79. The molecule has 94 valence electrons. The van der Waals surface area contributed by atoms with Crippen LogP contribution in [0.4, 0.5) is 0 Å². The molecule has 1 N–H and O–H groups in total. The number of carboxylic acid groups (broad SMARTS) is 1. The van der Waals surface area contributed by atoms with Gasteiger partial charge in [0.05, 0.1) is 5.69 Å². The van der Waals surface area contributed by atoms with E-state index in [1.165, 1.54) is 0 Å². The first-order valence-corrected chi connectivity index (χ1v) is 6.38. The number of benzene rings is 1. The number of nitrogens with zero attached hydrogens (tertiary/aromatic N) is 1. The highest BCUT2D eigenvalue weighted by Crippen LogP contribution is 2.22. The van der Waals surface area contributed by atoms with Gasteiger partial charge in [0.2, 0.25) is 5.01 Å². The molecule has 0 amide bonds. The summed E-state index contributed by atoms with van der Waals surface area (Å²) in [6.07, 6.45) is 0. The van der Waals surface area contributed by atoms with Gasteiger partial charge in [0.1, 0.15) is 12.4 Å². The molecule has 0 radical (unpaired) electrons. The Bertz CT molecular complexity index is 582. The van der Waals surface area contributed by atoms with Gasteiger partial charge in [-0.2, -0.15) is 0 Å². The largest absolute Gasteiger partial charge is 0.487 e. The Kier molecular flexibility index (Phi) is 3.84. The third-order valence-electron chi connectivity index (χ3n) is 2.25. The lowest BCUT2D eigenvalue weighted by molar-refractivity contribution is 0.0696. The van der Waals surface area contributed by atoms with Crippen LogP contribution in [0.5, 0.6) is 5.75 Å². The van der Waals surface area contributed by atoms with E-state index in [0.717, 1.165) is 16.9 Å². The van der Waals surface area contributed by atoms with Gasteiger partial charge in [0.15, 0.2) is 0 Å². The third kappa shape index (κ3) is 3.00. The summed E-state index contributed by atoms with van der Waals surface area (Å²) in [5, 5.41) is 11.2. The normalized spacial score (nSPS) is 10.3. The first kappa shape index (κ1) is 12.9. The smallest absolute Gasteiger partial charge is 0.365 e. The summed E-state index contributed by atoms with van der Waals surface area (Å²) >= 11 is 6.99. The topological polar surface area (TPSA) is 59.4 Å². The zero-order valence-electron chi connectivity index (χ0n) is 9.51. The first-order chi connectivity index (χ1) is 8.56. The summed E-state index contributed by atoms with van der Waals surface area (Å²) in [7, 11) is 0. The molecule has 0 spiro atoms. The number of aryl methyl sites for hydroxylation is 1. The number of hydrogen-bond acceptors (Lipinski definition) is 4. The van der Waals surface area contributed by atoms with Gasteiger partial charge in [0.25, 0.3) is 0 Å². The summed E-state index contributed by atoms with van der Waals surface area (Å²) in [6, 6.07) is 5.35. The molecule has 6 heteroatoms. The molecule has 4 nitrogen and oxygen atoms in total. The second kappa shape index (κ2) is 5.37. The molecule has 0 saturated heterocycles. The van der Waals surface area contributed by atoms with Crippen molar-refractivity contribution in [3.05, 3.63) is 44.9 Å². The van der Waals surface area contributed by atoms with Crippen molar-refractivity contribution in [2.75, 3.05) is 0 Å². The van der Waals surface area contributed by atoms with Crippen molar-refractivity contribution in [3.63, 3.8) is 0 Å². The minimum absolute atomic E-state index is 0.0703. The number of thiazole rings is 1. The van der Waals surface area contributed by atoms with Gasteiger partial charge < -0.3 is 9.84 Å². The number of ether oxygens (including phenoxy) is 1. The maximum Gasteiger partial charge on any atom is 0.365 e. The summed E-state index contributed by atoms with van der Waals surface area (Å²) in [5.41, 5.74) is 1.53. The molecule has 0 fully saturated rings. The van der Waals surface area contributed by atoms with Crippen molar-refractivity contribution in [1.29, 1.82) is 0 Å². The molecule has 2 aromatic rings. The van der Waals surface area contributed by atoms with Gasteiger partial charge in [-0.05, 0) is 30.7 Å². The van der Waals surface area contributed by atoms with E-state index in [1.807, 2.05) is 13.0 Å². The van der Waals surface area contributed by atoms with Gasteiger partial charge in [-0.1, -0.05) is 11.6 Å². The molecule has 1 aromatic heterocycles.